The van der Waals surface area contributed by atoms with Crippen LogP contribution in [0, 0.1) is 13.8 Å². The Hall–Kier alpha value is -2.34. The molecule has 0 aromatic carbocycles. The lowest BCUT2D eigenvalue weighted by atomic mass is 10.1. The number of hydrogen-bond donors (Lipinski definition) is 0. The first kappa shape index (κ1) is 16.5. The molecule has 6 nitrogen and oxygen atoms in total. The third kappa shape index (κ3) is 3.59. The summed E-state index contributed by atoms with van der Waals surface area (Å²) in [6.07, 6.45) is 4.48. The molecule has 0 saturated carbocycles. The Kier molecular flexibility index (Phi) is 4.85. The van der Waals surface area contributed by atoms with Gasteiger partial charge in [-0.05, 0) is 45.5 Å². The Balaban J connectivity index is 1.63. The SMILES string of the molecule is Cc1ccc(C(=O)N2CC[C@H](N(C)Cc3ncccn3)C2)c(C)n1. The highest BCUT2D eigenvalue weighted by Gasteiger charge is 2.30. The average Bonchev–Trinajstić information content (AvgIpc) is 3.05. The van der Waals surface area contributed by atoms with Gasteiger partial charge < -0.3 is 4.90 Å². The molecule has 3 rings (SSSR count). The zero-order chi connectivity index (χ0) is 17.1. The molecule has 24 heavy (non-hydrogen) atoms. The van der Waals surface area contributed by atoms with E-state index in [-0.39, 0.29) is 5.91 Å². The third-order valence-electron chi connectivity index (χ3n) is 4.54. The molecule has 0 radical (unpaired) electrons. The first-order valence-electron chi connectivity index (χ1n) is 8.24. The molecular weight excluding hydrogens is 302 g/mol. The number of carbonyl (C=O) groups excluding carboxylic acids is 1. The normalized spacial score (nSPS) is 17.5. The van der Waals surface area contributed by atoms with E-state index in [1.807, 2.05) is 36.9 Å². The highest BCUT2D eigenvalue weighted by atomic mass is 16.2. The van der Waals surface area contributed by atoms with Crippen molar-refractivity contribution < 1.29 is 4.79 Å². The van der Waals surface area contributed by atoms with Crippen LogP contribution in [-0.4, -0.2) is 56.8 Å². The van der Waals surface area contributed by atoms with Crippen molar-refractivity contribution in [1.29, 1.82) is 0 Å². The molecule has 6 heteroatoms. The van der Waals surface area contributed by atoms with Crippen LogP contribution in [0.25, 0.3) is 0 Å². The second-order valence-corrected chi connectivity index (χ2v) is 6.36. The van der Waals surface area contributed by atoms with E-state index in [9.17, 15) is 4.79 Å². The zero-order valence-electron chi connectivity index (χ0n) is 14.4. The Bertz CT molecular complexity index is 719. The first-order chi connectivity index (χ1) is 11.5. The minimum absolute atomic E-state index is 0.0758. The van der Waals surface area contributed by atoms with E-state index in [1.54, 1.807) is 12.4 Å². The number of carbonyl (C=O) groups is 1. The molecule has 1 aliphatic rings. The molecule has 0 bridgehead atoms. The van der Waals surface area contributed by atoms with Gasteiger partial charge in [-0.3, -0.25) is 14.7 Å². The van der Waals surface area contributed by atoms with E-state index in [2.05, 4.69) is 26.9 Å². The summed E-state index contributed by atoms with van der Waals surface area (Å²) in [6.45, 7) is 6.03. The molecule has 1 amide bonds. The summed E-state index contributed by atoms with van der Waals surface area (Å²) >= 11 is 0. The molecule has 2 aromatic rings. The van der Waals surface area contributed by atoms with Crippen LogP contribution in [0.5, 0.6) is 0 Å². The minimum atomic E-state index is 0.0758. The molecular formula is C18H23N5O. The lowest BCUT2D eigenvalue weighted by Gasteiger charge is -2.24. The number of nitrogens with zero attached hydrogens (tertiary/aromatic N) is 5. The summed E-state index contributed by atoms with van der Waals surface area (Å²) in [5.74, 6) is 0.884. The molecule has 3 heterocycles. The largest absolute Gasteiger partial charge is 0.337 e. The van der Waals surface area contributed by atoms with Crippen molar-refractivity contribution in [3.8, 4) is 0 Å². The second kappa shape index (κ2) is 7.05. The van der Waals surface area contributed by atoms with Gasteiger partial charge in [0.25, 0.3) is 5.91 Å². The van der Waals surface area contributed by atoms with Gasteiger partial charge in [0.15, 0.2) is 0 Å². The Labute approximate surface area is 142 Å². The topological polar surface area (TPSA) is 62.2 Å². The van der Waals surface area contributed by atoms with E-state index in [4.69, 9.17) is 0 Å². The van der Waals surface area contributed by atoms with Crippen LogP contribution in [-0.2, 0) is 6.54 Å². The molecule has 1 aliphatic heterocycles. The van der Waals surface area contributed by atoms with Gasteiger partial charge in [-0.1, -0.05) is 0 Å². The maximum atomic E-state index is 12.7. The molecule has 0 spiro atoms. The first-order valence-corrected chi connectivity index (χ1v) is 8.24. The predicted molar refractivity (Wildman–Crippen MR) is 91.5 cm³/mol. The summed E-state index contributed by atoms with van der Waals surface area (Å²) in [7, 11) is 2.06. The molecule has 2 aromatic heterocycles. The summed E-state index contributed by atoms with van der Waals surface area (Å²) in [4.78, 5) is 29.8. The lowest BCUT2D eigenvalue weighted by molar-refractivity contribution is 0.0778. The molecule has 0 N–H and O–H groups in total. The van der Waals surface area contributed by atoms with Crippen LogP contribution in [0.2, 0.25) is 0 Å². The van der Waals surface area contributed by atoms with Gasteiger partial charge in [0.1, 0.15) is 5.82 Å². The molecule has 1 atom stereocenters. The second-order valence-electron chi connectivity index (χ2n) is 6.36. The van der Waals surface area contributed by atoms with E-state index < -0.39 is 0 Å². The number of hydrogen-bond acceptors (Lipinski definition) is 5. The number of rotatable bonds is 4. The highest BCUT2D eigenvalue weighted by molar-refractivity contribution is 5.95. The standard InChI is InChI=1S/C18H23N5O/c1-13-5-6-16(14(2)21-13)18(24)23-10-7-15(11-23)22(3)12-17-19-8-4-9-20-17/h4-6,8-9,15H,7,10-12H2,1-3H3/t15-/m0/s1. The van der Waals surface area contributed by atoms with Gasteiger partial charge in [-0.25, -0.2) is 9.97 Å². The predicted octanol–water partition coefficient (Wildman–Crippen LogP) is 1.83. The number of aromatic nitrogens is 3. The fourth-order valence-electron chi connectivity index (χ4n) is 3.13. The summed E-state index contributed by atoms with van der Waals surface area (Å²) in [6, 6.07) is 5.93. The average molecular weight is 325 g/mol. The fraction of sp³-hybridized carbons (Fsp3) is 0.444. The maximum absolute atomic E-state index is 12.7. The van der Waals surface area contributed by atoms with E-state index in [1.165, 1.54) is 0 Å². The van der Waals surface area contributed by atoms with Gasteiger partial charge in [-0.2, -0.15) is 0 Å². The summed E-state index contributed by atoms with van der Waals surface area (Å²) < 4.78 is 0. The highest BCUT2D eigenvalue weighted by Crippen LogP contribution is 2.19. The van der Waals surface area contributed by atoms with Crippen molar-refractivity contribution in [2.75, 3.05) is 20.1 Å². The summed E-state index contributed by atoms with van der Waals surface area (Å²) in [5, 5.41) is 0. The van der Waals surface area contributed by atoms with Gasteiger partial charge >= 0.3 is 0 Å². The van der Waals surface area contributed by atoms with Gasteiger partial charge in [0.05, 0.1) is 17.8 Å². The number of likely N-dealkylation sites (tertiary alicyclic amines) is 1. The molecule has 0 unspecified atom stereocenters. The van der Waals surface area contributed by atoms with Crippen molar-refractivity contribution in [1.82, 2.24) is 24.8 Å². The number of pyridine rings is 1. The van der Waals surface area contributed by atoms with Crippen LogP contribution < -0.4 is 0 Å². The number of amides is 1. The lowest BCUT2D eigenvalue weighted by Crippen LogP contribution is -2.36. The van der Waals surface area contributed by atoms with E-state index >= 15 is 0 Å². The molecule has 126 valence electrons. The molecule has 1 fully saturated rings. The fourth-order valence-corrected chi connectivity index (χ4v) is 3.13. The Morgan fingerprint density at radius 1 is 1.29 bits per heavy atom. The molecule has 0 aliphatic carbocycles. The smallest absolute Gasteiger partial charge is 0.255 e. The zero-order valence-corrected chi connectivity index (χ0v) is 14.4. The maximum Gasteiger partial charge on any atom is 0.255 e. The number of likely N-dealkylation sites (N-methyl/N-ethyl adjacent to an activating group) is 1. The Morgan fingerprint density at radius 2 is 2.04 bits per heavy atom. The van der Waals surface area contributed by atoms with Gasteiger partial charge in [0, 0.05) is 37.2 Å². The van der Waals surface area contributed by atoms with Crippen LogP contribution in [0.1, 0.15) is 34.0 Å². The third-order valence-corrected chi connectivity index (χ3v) is 4.54. The van der Waals surface area contributed by atoms with Crippen molar-refractivity contribution >= 4 is 5.91 Å². The van der Waals surface area contributed by atoms with Crippen molar-refractivity contribution in [3.63, 3.8) is 0 Å². The molecule has 1 saturated heterocycles. The minimum Gasteiger partial charge on any atom is -0.337 e. The van der Waals surface area contributed by atoms with Crippen molar-refractivity contribution in [2.24, 2.45) is 0 Å². The quantitative estimate of drug-likeness (QED) is 0.858. The Morgan fingerprint density at radius 3 is 2.75 bits per heavy atom. The van der Waals surface area contributed by atoms with E-state index in [0.29, 0.717) is 18.2 Å². The monoisotopic (exact) mass is 325 g/mol. The van der Waals surface area contributed by atoms with Crippen molar-refractivity contribution in [3.05, 3.63) is 53.4 Å². The van der Waals surface area contributed by atoms with Gasteiger partial charge in [-0.15, -0.1) is 0 Å². The van der Waals surface area contributed by atoms with Crippen molar-refractivity contribution in [2.45, 2.75) is 32.9 Å². The van der Waals surface area contributed by atoms with Crippen LogP contribution in [0.4, 0.5) is 0 Å². The van der Waals surface area contributed by atoms with Gasteiger partial charge in [0.2, 0.25) is 0 Å². The number of aryl methyl sites for hydroxylation is 2. The van der Waals surface area contributed by atoms with Crippen LogP contribution >= 0.6 is 0 Å². The van der Waals surface area contributed by atoms with E-state index in [0.717, 1.165) is 36.7 Å². The van der Waals surface area contributed by atoms with Crippen LogP contribution in [0.3, 0.4) is 0 Å². The van der Waals surface area contributed by atoms with Crippen LogP contribution in [0.15, 0.2) is 30.6 Å². The summed E-state index contributed by atoms with van der Waals surface area (Å²) in [5.41, 5.74) is 2.44.